The molecule has 1 saturated heterocycles. The molecule has 142 valence electrons. The molecule has 0 spiro atoms. The van der Waals surface area contributed by atoms with Crippen molar-refractivity contribution in [2.75, 3.05) is 10.2 Å². The molecule has 2 aromatic rings. The summed E-state index contributed by atoms with van der Waals surface area (Å²) in [6.07, 6.45) is 3.11. The molecule has 0 unspecified atom stereocenters. The highest BCUT2D eigenvalue weighted by atomic mass is 79.9. The Bertz CT molecular complexity index is 960. The first-order chi connectivity index (χ1) is 13.5. The molecule has 0 radical (unpaired) electrons. The molecule has 2 aromatic carbocycles. The van der Waals surface area contributed by atoms with Crippen molar-refractivity contribution in [1.82, 2.24) is 0 Å². The zero-order valence-electron chi connectivity index (χ0n) is 15.1. The van der Waals surface area contributed by atoms with Gasteiger partial charge in [0.05, 0.1) is 17.5 Å². The van der Waals surface area contributed by atoms with Gasteiger partial charge in [0.25, 0.3) is 5.91 Å². The topological polar surface area (TPSA) is 66.5 Å². The van der Waals surface area contributed by atoms with Gasteiger partial charge in [-0.1, -0.05) is 22.0 Å². The number of hydrogen-bond donors (Lipinski definition) is 1. The molecule has 3 fully saturated rings. The molecule has 3 amide bonds. The third-order valence-electron chi connectivity index (χ3n) is 6.40. The Labute approximate surface area is 171 Å². The molecule has 2 saturated carbocycles. The first kappa shape index (κ1) is 17.6. The second-order valence-corrected chi connectivity index (χ2v) is 8.82. The minimum absolute atomic E-state index is 0.0901. The summed E-state index contributed by atoms with van der Waals surface area (Å²) < 4.78 is 0.929. The summed E-state index contributed by atoms with van der Waals surface area (Å²) in [5, 5.41) is 2.84. The van der Waals surface area contributed by atoms with E-state index in [9.17, 15) is 14.4 Å². The Morgan fingerprint density at radius 2 is 1.61 bits per heavy atom. The fourth-order valence-electron chi connectivity index (χ4n) is 5.19. The number of fused-ring (bicyclic) bond motifs is 5. The van der Waals surface area contributed by atoms with E-state index in [1.54, 1.807) is 36.4 Å². The van der Waals surface area contributed by atoms with E-state index >= 15 is 0 Å². The fraction of sp³-hybridized carbons (Fsp3) is 0.318. The Hall–Kier alpha value is -2.47. The summed E-state index contributed by atoms with van der Waals surface area (Å²) in [6, 6.07) is 14.1. The average molecular weight is 439 g/mol. The van der Waals surface area contributed by atoms with Crippen molar-refractivity contribution < 1.29 is 14.4 Å². The molecular weight excluding hydrogens is 420 g/mol. The third kappa shape index (κ3) is 2.70. The number of carbonyl (C=O) groups is 3. The van der Waals surface area contributed by atoms with Crippen LogP contribution in [-0.2, 0) is 9.59 Å². The predicted octanol–water partition coefficient (Wildman–Crippen LogP) is 4.24. The molecule has 28 heavy (non-hydrogen) atoms. The Morgan fingerprint density at radius 3 is 2.25 bits per heavy atom. The first-order valence-electron chi connectivity index (χ1n) is 9.58. The lowest BCUT2D eigenvalue weighted by Gasteiger charge is -2.19. The zero-order valence-corrected chi connectivity index (χ0v) is 16.7. The van der Waals surface area contributed by atoms with Crippen LogP contribution in [-0.4, -0.2) is 17.7 Å². The summed E-state index contributed by atoms with van der Waals surface area (Å²) in [4.78, 5) is 39.9. The van der Waals surface area contributed by atoms with E-state index in [4.69, 9.17) is 0 Å². The summed E-state index contributed by atoms with van der Waals surface area (Å²) in [7, 11) is 0. The van der Waals surface area contributed by atoms with E-state index in [2.05, 4.69) is 21.2 Å². The number of imide groups is 1. The largest absolute Gasteiger partial charge is 0.322 e. The maximum atomic E-state index is 13.0. The van der Waals surface area contributed by atoms with Crippen LogP contribution in [0.5, 0.6) is 0 Å². The Kier molecular flexibility index (Phi) is 4.12. The maximum absolute atomic E-state index is 13.0. The normalized spacial score (nSPS) is 28.0. The van der Waals surface area contributed by atoms with Crippen LogP contribution in [0.4, 0.5) is 11.4 Å². The number of benzene rings is 2. The van der Waals surface area contributed by atoms with E-state index in [-0.39, 0.29) is 29.6 Å². The van der Waals surface area contributed by atoms with Crippen molar-refractivity contribution in [3.8, 4) is 0 Å². The van der Waals surface area contributed by atoms with Gasteiger partial charge in [-0.2, -0.15) is 0 Å². The number of rotatable bonds is 3. The minimum atomic E-state index is -0.275. The average Bonchev–Trinajstić information content (AvgIpc) is 3.37. The quantitative estimate of drug-likeness (QED) is 0.728. The number of hydrogen-bond acceptors (Lipinski definition) is 3. The van der Waals surface area contributed by atoms with Crippen molar-refractivity contribution in [3.05, 3.63) is 58.6 Å². The summed E-state index contributed by atoms with van der Waals surface area (Å²) in [5.74, 6) is -0.0810. The number of carbonyl (C=O) groups excluding carboxylic acids is 3. The molecule has 2 aliphatic carbocycles. The number of amides is 3. The monoisotopic (exact) mass is 438 g/mol. The van der Waals surface area contributed by atoms with Crippen LogP contribution >= 0.6 is 15.9 Å². The number of halogens is 1. The molecule has 5 nitrogen and oxygen atoms in total. The highest BCUT2D eigenvalue weighted by Gasteiger charge is 2.61. The van der Waals surface area contributed by atoms with E-state index < -0.39 is 0 Å². The molecule has 5 rings (SSSR count). The molecule has 1 heterocycles. The van der Waals surface area contributed by atoms with Crippen molar-refractivity contribution in [1.29, 1.82) is 0 Å². The second kappa shape index (κ2) is 6.55. The smallest absolute Gasteiger partial charge is 0.255 e. The van der Waals surface area contributed by atoms with Crippen LogP contribution in [0.1, 0.15) is 29.6 Å². The van der Waals surface area contributed by atoms with Gasteiger partial charge in [0.15, 0.2) is 0 Å². The number of anilines is 2. The van der Waals surface area contributed by atoms with Crippen molar-refractivity contribution in [3.63, 3.8) is 0 Å². The third-order valence-corrected chi connectivity index (χ3v) is 6.92. The van der Waals surface area contributed by atoms with Crippen molar-refractivity contribution >= 4 is 45.0 Å². The minimum Gasteiger partial charge on any atom is -0.322 e. The van der Waals surface area contributed by atoms with E-state index in [0.29, 0.717) is 28.8 Å². The van der Waals surface area contributed by atoms with Crippen LogP contribution in [0.2, 0.25) is 0 Å². The Morgan fingerprint density at radius 1 is 0.964 bits per heavy atom. The summed E-state index contributed by atoms with van der Waals surface area (Å²) in [6.45, 7) is 0. The summed E-state index contributed by atoms with van der Waals surface area (Å²) >= 11 is 3.37. The highest BCUT2D eigenvalue weighted by Crippen LogP contribution is 2.56. The van der Waals surface area contributed by atoms with Gasteiger partial charge in [0, 0.05) is 15.7 Å². The first-order valence-corrected chi connectivity index (χ1v) is 10.4. The number of nitrogens with one attached hydrogen (secondary N) is 1. The van der Waals surface area contributed by atoms with Crippen molar-refractivity contribution in [2.24, 2.45) is 23.7 Å². The number of nitrogens with zero attached hydrogens (tertiary/aromatic N) is 1. The fourth-order valence-corrected chi connectivity index (χ4v) is 5.45. The van der Waals surface area contributed by atoms with Crippen LogP contribution in [0.3, 0.4) is 0 Å². The molecule has 2 bridgehead atoms. The lowest BCUT2D eigenvalue weighted by Crippen LogP contribution is -2.33. The van der Waals surface area contributed by atoms with Crippen LogP contribution < -0.4 is 10.2 Å². The molecule has 1 N–H and O–H groups in total. The van der Waals surface area contributed by atoms with Crippen LogP contribution in [0.15, 0.2) is 53.0 Å². The molecule has 0 aromatic heterocycles. The molecule has 4 atom stereocenters. The van der Waals surface area contributed by atoms with Gasteiger partial charge in [-0.05, 0) is 73.6 Å². The standard InChI is InChI=1S/C22H19BrN2O3/c23-15-6-8-16(9-7-15)24-20(26)14-2-1-3-17(11-14)25-21(27)18-12-4-5-13(10-12)19(18)22(25)28/h1-3,6-9,11-13,18-19H,4-5,10H2,(H,24,26)/t12-,13-,18+,19+/m0/s1. The van der Waals surface area contributed by atoms with Gasteiger partial charge >= 0.3 is 0 Å². The molecular formula is C22H19BrN2O3. The van der Waals surface area contributed by atoms with E-state index in [1.807, 2.05) is 12.1 Å². The van der Waals surface area contributed by atoms with E-state index in [1.165, 1.54) is 4.90 Å². The SMILES string of the molecule is O=C(Nc1ccc(Br)cc1)c1cccc(N2C(=O)[C@@H]3[C@H]4CC[C@@H](C4)[C@H]3C2=O)c1. The van der Waals surface area contributed by atoms with Crippen LogP contribution in [0, 0.1) is 23.7 Å². The van der Waals surface area contributed by atoms with Gasteiger partial charge in [-0.25, -0.2) is 0 Å². The molecule has 1 aliphatic heterocycles. The van der Waals surface area contributed by atoms with E-state index in [0.717, 1.165) is 23.7 Å². The van der Waals surface area contributed by atoms with Gasteiger partial charge in [-0.3, -0.25) is 19.3 Å². The van der Waals surface area contributed by atoms with Gasteiger partial charge in [0.2, 0.25) is 11.8 Å². The molecule has 3 aliphatic rings. The highest BCUT2D eigenvalue weighted by molar-refractivity contribution is 9.10. The lowest BCUT2D eigenvalue weighted by atomic mass is 9.81. The maximum Gasteiger partial charge on any atom is 0.255 e. The van der Waals surface area contributed by atoms with Crippen LogP contribution in [0.25, 0.3) is 0 Å². The zero-order chi connectivity index (χ0) is 19.4. The van der Waals surface area contributed by atoms with Gasteiger partial charge < -0.3 is 5.32 Å². The van der Waals surface area contributed by atoms with Crippen molar-refractivity contribution in [2.45, 2.75) is 19.3 Å². The lowest BCUT2D eigenvalue weighted by molar-refractivity contribution is -0.123. The molecule has 6 heteroatoms. The summed E-state index contributed by atoms with van der Waals surface area (Å²) in [5.41, 5.74) is 1.59. The Balaban J connectivity index is 1.40. The second-order valence-electron chi connectivity index (χ2n) is 7.91. The van der Waals surface area contributed by atoms with Gasteiger partial charge in [0.1, 0.15) is 0 Å². The van der Waals surface area contributed by atoms with Gasteiger partial charge in [-0.15, -0.1) is 0 Å². The predicted molar refractivity (Wildman–Crippen MR) is 109 cm³/mol.